The van der Waals surface area contributed by atoms with Crippen LogP contribution in [-0.4, -0.2) is 53.0 Å². The molecule has 1 amide bonds. The number of aliphatic hydroxyl groups is 1. The second kappa shape index (κ2) is 8.12. The van der Waals surface area contributed by atoms with Crippen LogP contribution in [0.5, 0.6) is 0 Å². The maximum atomic E-state index is 12.9. The molecule has 0 aliphatic carbocycles. The molecular formula is C17H21N3O7. The average molecular weight is 379 g/mol. The minimum absolute atomic E-state index is 0.0430. The van der Waals surface area contributed by atoms with E-state index in [9.17, 15) is 24.8 Å². The van der Waals surface area contributed by atoms with Gasteiger partial charge < -0.3 is 20.0 Å². The molecule has 0 saturated heterocycles. The number of rotatable bonds is 7. The van der Waals surface area contributed by atoms with Gasteiger partial charge in [0.15, 0.2) is 0 Å². The van der Waals surface area contributed by atoms with E-state index in [0.717, 1.165) is 0 Å². The second-order valence-electron chi connectivity index (χ2n) is 6.72. The van der Waals surface area contributed by atoms with Gasteiger partial charge in [-0.3, -0.25) is 14.9 Å². The summed E-state index contributed by atoms with van der Waals surface area (Å²) >= 11 is 0. The summed E-state index contributed by atoms with van der Waals surface area (Å²) in [5, 5.41) is 26.8. The minimum Gasteiger partial charge on any atom is -0.466 e. The van der Waals surface area contributed by atoms with Crippen LogP contribution in [0.3, 0.4) is 0 Å². The molecule has 0 saturated carbocycles. The number of ether oxygens (including phenoxy) is 1. The van der Waals surface area contributed by atoms with Crippen LogP contribution >= 0.6 is 0 Å². The Hall–Kier alpha value is -3.01. The molecule has 0 spiro atoms. The predicted octanol–water partition coefficient (Wildman–Crippen LogP) is 0.883. The number of hydrogen-bond acceptors (Lipinski definition) is 8. The Bertz CT molecular complexity index is 758. The van der Waals surface area contributed by atoms with E-state index in [1.165, 1.54) is 31.4 Å². The van der Waals surface area contributed by atoms with E-state index in [4.69, 9.17) is 4.84 Å². The summed E-state index contributed by atoms with van der Waals surface area (Å²) in [4.78, 5) is 39.9. The van der Waals surface area contributed by atoms with E-state index in [0.29, 0.717) is 5.56 Å². The van der Waals surface area contributed by atoms with Crippen LogP contribution in [0.2, 0.25) is 0 Å². The summed E-state index contributed by atoms with van der Waals surface area (Å²) < 4.78 is 4.62. The van der Waals surface area contributed by atoms with Crippen molar-refractivity contribution in [2.75, 3.05) is 13.7 Å². The first kappa shape index (κ1) is 20.3. The molecule has 1 heterocycles. The minimum atomic E-state index is -0.954. The molecule has 2 rings (SSSR count). The maximum absolute atomic E-state index is 12.9. The SMILES string of the molecule is COC(=O)C1CC(C(C(=O)NC(C)(C)CO)c2ccc([N+](=O)[O-])cc2)=NO1. The number of benzene rings is 1. The van der Waals surface area contributed by atoms with Gasteiger partial charge in [0, 0.05) is 18.6 Å². The molecule has 2 N–H and O–H groups in total. The molecule has 146 valence electrons. The third kappa shape index (κ3) is 4.79. The third-order valence-corrected chi connectivity index (χ3v) is 4.05. The van der Waals surface area contributed by atoms with Gasteiger partial charge in [0.1, 0.15) is 5.92 Å². The number of hydrogen-bond donors (Lipinski definition) is 2. The van der Waals surface area contributed by atoms with Crippen LogP contribution in [0.4, 0.5) is 5.69 Å². The molecule has 0 bridgehead atoms. The predicted molar refractivity (Wildman–Crippen MR) is 94.1 cm³/mol. The van der Waals surface area contributed by atoms with Gasteiger partial charge in [-0.25, -0.2) is 4.79 Å². The molecule has 2 atom stereocenters. The maximum Gasteiger partial charge on any atom is 0.350 e. The van der Waals surface area contributed by atoms with Crippen LogP contribution in [-0.2, 0) is 19.2 Å². The smallest absolute Gasteiger partial charge is 0.350 e. The van der Waals surface area contributed by atoms with Crippen LogP contribution < -0.4 is 5.32 Å². The molecule has 0 aromatic heterocycles. The Labute approximate surface area is 155 Å². The molecule has 27 heavy (non-hydrogen) atoms. The molecule has 0 fully saturated rings. The van der Waals surface area contributed by atoms with Crippen molar-refractivity contribution in [2.24, 2.45) is 5.16 Å². The molecule has 1 aliphatic heterocycles. The fourth-order valence-corrected chi connectivity index (χ4v) is 2.55. The van der Waals surface area contributed by atoms with E-state index in [2.05, 4.69) is 15.2 Å². The lowest BCUT2D eigenvalue weighted by atomic mass is 9.89. The average Bonchev–Trinajstić information content (AvgIpc) is 3.10. The standard InChI is InChI=1S/C17H21N3O7/c1-17(2,9-21)18-15(22)14(10-4-6-11(7-5-10)20(24)25)12-8-13(27-19-12)16(23)26-3/h4-7,13-14,21H,8-9H2,1-3H3,(H,18,22). The van der Waals surface area contributed by atoms with Crippen LogP contribution in [0.1, 0.15) is 31.7 Å². The topological polar surface area (TPSA) is 140 Å². The number of carbonyl (C=O) groups excluding carboxylic acids is 2. The summed E-state index contributed by atoms with van der Waals surface area (Å²) in [6.45, 7) is 2.99. The summed E-state index contributed by atoms with van der Waals surface area (Å²) in [6.07, 6.45) is -0.911. The number of non-ortho nitro benzene ring substituents is 1. The lowest BCUT2D eigenvalue weighted by Gasteiger charge is -2.26. The van der Waals surface area contributed by atoms with E-state index >= 15 is 0 Å². The Kier molecular flexibility index (Phi) is 6.11. The van der Waals surface area contributed by atoms with Gasteiger partial charge in [-0.15, -0.1) is 0 Å². The zero-order valence-corrected chi connectivity index (χ0v) is 15.2. The van der Waals surface area contributed by atoms with Crippen molar-refractivity contribution < 1.29 is 29.2 Å². The number of carbonyl (C=O) groups is 2. The quantitative estimate of drug-likeness (QED) is 0.407. The van der Waals surface area contributed by atoms with Crippen LogP contribution in [0.25, 0.3) is 0 Å². The molecule has 0 radical (unpaired) electrons. The summed E-state index contributed by atoms with van der Waals surface area (Å²) in [7, 11) is 1.22. The molecule has 10 heteroatoms. The lowest BCUT2D eigenvalue weighted by molar-refractivity contribution is -0.384. The van der Waals surface area contributed by atoms with Crippen molar-refractivity contribution in [2.45, 2.75) is 37.8 Å². The highest BCUT2D eigenvalue weighted by Crippen LogP contribution is 2.28. The number of nitrogens with zero attached hydrogens (tertiary/aromatic N) is 2. The van der Waals surface area contributed by atoms with E-state index in [1.54, 1.807) is 13.8 Å². The molecule has 2 unspecified atom stereocenters. The molecule has 1 aliphatic rings. The number of esters is 1. The number of nitrogens with one attached hydrogen (secondary N) is 1. The normalized spacial score (nSPS) is 17.5. The Morgan fingerprint density at radius 2 is 2.07 bits per heavy atom. The van der Waals surface area contributed by atoms with E-state index < -0.39 is 34.4 Å². The number of methoxy groups -OCH3 is 1. The Morgan fingerprint density at radius 1 is 1.44 bits per heavy atom. The van der Waals surface area contributed by atoms with Crippen molar-refractivity contribution in [3.8, 4) is 0 Å². The Balaban J connectivity index is 2.33. The van der Waals surface area contributed by atoms with Crippen molar-refractivity contribution in [3.63, 3.8) is 0 Å². The zero-order chi connectivity index (χ0) is 20.2. The first-order valence-electron chi connectivity index (χ1n) is 8.16. The number of amides is 1. The summed E-state index contributed by atoms with van der Waals surface area (Å²) in [5.41, 5.74) is -0.284. The first-order valence-corrected chi connectivity index (χ1v) is 8.16. The third-order valence-electron chi connectivity index (χ3n) is 4.05. The number of aliphatic hydroxyl groups excluding tert-OH is 1. The Morgan fingerprint density at radius 3 is 2.59 bits per heavy atom. The second-order valence-corrected chi connectivity index (χ2v) is 6.72. The summed E-state index contributed by atoms with van der Waals surface area (Å²) in [6, 6.07) is 5.45. The number of nitro groups is 1. The molecule has 10 nitrogen and oxygen atoms in total. The largest absolute Gasteiger partial charge is 0.466 e. The van der Waals surface area contributed by atoms with Crippen molar-refractivity contribution in [1.82, 2.24) is 5.32 Å². The van der Waals surface area contributed by atoms with Gasteiger partial charge in [0.25, 0.3) is 5.69 Å². The number of oxime groups is 1. The van der Waals surface area contributed by atoms with Crippen molar-refractivity contribution in [1.29, 1.82) is 0 Å². The zero-order valence-electron chi connectivity index (χ0n) is 15.2. The first-order chi connectivity index (χ1) is 12.7. The van der Waals surface area contributed by atoms with E-state index in [1.807, 2.05) is 0 Å². The van der Waals surface area contributed by atoms with Gasteiger partial charge >= 0.3 is 5.97 Å². The van der Waals surface area contributed by atoms with Gasteiger partial charge in [-0.2, -0.15) is 0 Å². The van der Waals surface area contributed by atoms with E-state index in [-0.39, 0.29) is 24.4 Å². The van der Waals surface area contributed by atoms with Gasteiger partial charge in [0.2, 0.25) is 12.0 Å². The fraction of sp³-hybridized carbons (Fsp3) is 0.471. The van der Waals surface area contributed by atoms with Crippen LogP contribution in [0, 0.1) is 10.1 Å². The number of nitro benzene ring substituents is 1. The van der Waals surface area contributed by atoms with Crippen molar-refractivity contribution in [3.05, 3.63) is 39.9 Å². The van der Waals surface area contributed by atoms with Gasteiger partial charge in [-0.05, 0) is 19.4 Å². The fourth-order valence-electron chi connectivity index (χ4n) is 2.55. The van der Waals surface area contributed by atoms with Gasteiger partial charge in [-0.1, -0.05) is 17.3 Å². The van der Waals surface area contributed by atoms with Gasteiger partial charge in [0.05, 0.1) is 29.9 Å². The molecular weight excluding hydrogens is 358 g/mol. The monoisotopic (exact) mass is 379 g/mol. The highest BCUT2D eigenvalue weighted by atomic mass is 16.7. The lowest BCUT2D eigenvalue weighted by Crippen LogP contribution is -2.49. The van der Waals surface area contributed by atoms with Crippen molar-refractivity contribution >= 4 is 23.3 Å². The van der Waals surface area contributed by atoms with Crippen LogP contribution in [0.15, 0.2) is 29.4 Å². The molecule has 1 aromatic carbocycles. The highest BCUT2D eigenvalue weighted by Gasteiger charge is 2.38. The molecule has 1 aromatic rings. The highest BCUT2D eigenvalue weighted by molar-refractivity contribution is 6.10. The summed E-state index contributed by atoms with van der Waals surface area (Å²) in [5.74, 6) is -2.03.